The number of hydrogen-bond donors (Lipinski definition) is 1. The highest BCUT2D eigenvalue weighted by Gasteiger charge is 2.04. The van der Waals surface area contributed by atoms with Crippen LogP contribution in [0, 0.1) is 0 Å². The minimum Gasteiger partial charge on any atom is -0.325 e. The molecule has 3 aromatic heterocycles. The Kier molecular flexibility index (Phi) is 3.75. The Bertz CT molecular complexity index is 748. The molecule has 3 rings (SSSR count). The molecule has 21 heavy (non-hydrogen) atoms. The van der Waals surface area contributed by atoms with Gasteiger partial charge in [0.1, 0.15) is 22.3 Å². The first kappa shape index (κ1) is 13.5. The van der Waals surface area contributed by atoms with Crippen LogP contribution in [0.5, 0.6) is 0 Å². The van der Waals surface area contributed by atoms with Crippen LogP contribution < -0.4 is 5.32 Å². The van der Waals surface area contributed by atoms with E-state index in [0.29, 0.717) is 0 Å². The summed E-state index contributed by atoms with van der Waals surface area (Å²) in [4.78, 5) is 13.2. The zero-order valence-corrected chi connectivity index (χ0v) is 12.4. The van der Waals surface area contributed by atoms with Crippen molar-refractivity contribution in [2.24, 2.45) is 0 Å². The summed E-state index contributed by atoms with van der Waals surface area (Å²) in [6, 6.07) is 9.71. The van der Waals surface area contributed by atoms with Crippen molar-refractivity contribution >= 4 is 28.5 Å². The highest BCUT2D eigenvalue weighted by atomic mass is 32.1. The Morgan fingerprint density at radius 1 is 1.14 bits per heavy atom. The molecule has 1 N–H and O–H groups in total. The van der Waals surface area contributed by atoms with Crippen LogP contribution >= 0.6 is 11.3 Å². The zero-order chi connectivity index (χ0) is 14.7. The van der Waals surface area contributed by atoms with E-state index in [1.165, 1.54) is 0 Å². The van der Waals surface area contributed by atoms with Crippen LogP contribution in [0.4, 0.5) is 11.6 Å². The molecule has 0 fully saturated rings. The van der Waals surface area contributed by atoms with Crippen molar-refractivity contribution in [3.63, 3.8) is 0 Å². The fourth-order valence-corrected chi connectivity index (χ4v) is 2.43. The first-order valence-corrected chi connectivity index (χ1v) is 7.36. The number of rotatable bonds is 4. The maximum Gasteiger partial charge on any atom is 0.141 e. The summed E-state index contributed by atoms with van der Waals surface area (Å²) in [5.41, 5.74) is 2.89. The lowest BCUT2D eigenvalue weighted by atomic mass is 10.1. The highest BCUT2D eigenvalue weighted by molar-refractivity contribution is 7.13. The van der Waals surface area contributed by atoms with Gasteiger partial charge >= 0.3 is 0 Å². The number of thiazole rings is 1. The molecule has 5 heteroatoms. The summed E-state index contributed by atoms with van der Waals surface area (Å²) >= 11 is 1.57. The van der Waals surface area contributed by atoms with Crippen molar-refractivity contribution in [1.29, 1.82) is 0 Å². The van der Waals surface area contributed by atoms with Gasteiger partial charge in [0.05, 0.1) is 0 Å². The Labute approximate surface area is 127 Å². The van der Waals surface area contributed by atoms with Gasteiger partial charge in [-0.3, -0.25) is 0 Å². The second-order valence-electron chi connectivity index (χ2n) is 4.58. The van der Waals surface area contributed by atoms with Gasteiger partial charge in [-0.15, -0.1) is 11.3 Å². The molecule has 104 valence electrons. The minimum absolute atomic E-state index is 0.748. The standard InChI is InChI=1S/C16H14N4S/c1-11(2)12-6-7-14(18-10-12)20-15-5-3-4-13(19-15)16-17-8-9-21-16/h3-10H,1H2,2H3,(H,18,19,20). The monoisotopic (exact) mass is 294 g/mol. The molecule has 0 aliphatic carbocycles. The number of aromatic nitrogens is 3. The van der Waals surface area contributed by atoms with E-state index in [-0.39, 0.29) is 0 Å². The number of allylic oxidation sites excluding steroid dienone is 1. The van der Waals surface area contributed by atoms with Crippen molar-refractivity contribution in [2.45, 2.75) is 6.92 Å². The topological polar surface area (TPSA) is 50.7 Å². The lowest BCUT2D eigenvalue weighted by molar-refractivity contribution is 1.24. The molecule has 4 nitrogen and oxygen atoms in total. The Morgan fingerprint density at radius 3 is 2.71 bits per heavy atom. The van der Waals surface area contributed by atoms with E-state index >= 15 is 0 Å². The van der Waals surface area contributed by atoms with Gasteiger partial charge in [0.2, 0.25) is 0 Å². The summed E-state index contributed by atoms with van der Waals surface area (Å²) in [6.07, 6.45) is 3.58. The van der Waals surface area contributed by atoms with Crippen LogP contribution in [0.2, 0.25) is 0 Å². The minimum atomic E-state index is 0.748. The Morgan fingerprint density at radius 2 is 2.05 bits per heavy atom. The molecule has 0 unspecified atom stereocenters. The molecule has 0 saturated carbocycles. The molecule has 0 spiro atoms. The SMILES string of the molecule is C=C(C)c1ccc(Nc2cccc(-c3nccs3)n2)nc1. The van der Waals surface area contributed by atoms with Gasteiger partial charge in [-0.05, 0) is 42.3 Å². The smallest absolute Gasteiger partial charge is 0.141 e. The Hall–Kier alpha value is -2.53. The average molecular weight is 294 g/mol. The first-order chi connectivity index (χ1) is 10.2. The Balaban J connectivity index is 1.81. The van der Waals surface area contributed by atoms with Crippen LogP contribution in [0.3, 0.4) is 0 Å². The molecule has 0 radical (unpaired) electrons. The molecule has 0 aliphatic heterocycles. The fraction of sp³-hybridized carbons (Fsp3) is 0.0625. The maximum atomic E-state index is 4.55. The number of anilines is 2. The van der Waals surface area contributed by atoms with Gasteiger partial charge in [0, 0.05) is 17.8 Å². The fourth-order valence-electron chi connectivity index (χ4n) is 1.82. The van der Waals surface area contributed by atoms with E-state index in [4.69, 9.17) is 0 Å². The third kappa shape index (κ3) is 3.14. The summed E-state index contributed by atoms with van der Waals surface area (Å²) in [7, 11) is 0. The maximum absolute atomic E-state index is 4.55. The van der Waals surface area contributed by atoms with E-state index in [2.05, 4.69) is 26.8 Å². The lowest BCUT2D eigenvalue weighted by Gasteiger charge is -2.06. The highest BCUT2D eigenvalue weighted by Crippen LogP contribution is 2.22. The third-order valence-corrected chi connectivity index (χ3v) is 3.71. The van der Waals surface area contributed by atoms with Gasteiger partial charge in [0.25, 0.3) is 0 Å². The number of pyridine rings is 2. The van der Waals surface area contributed by atoms with Crippen LogP contribution in [0.25, 0.3) is 16.3 Å². The molecule has 0 amide bonds. The van der Waals surface area contributed by atoms with Gasteiger partial charge in [-0.25, -0.2) is 15.0 Å². The van der Waals surface area contributed by atoms with Gasteiger partial charge in [-0.2, -0.15) is 0 Å². The molecule has 0 bridgehead atoms. The van der Waals surface area contributed by atoms with Crippen LogP contribution in [0.1, 0.15) is 12.5 Å². The summed E-state index contributed by atoms with van der Waals surface area (Å²) < 4.78 is 0. The van der Waals surface area contributed by atoms with Crippen molar-refractivity contribution in [1.82, 2.24) is 15.0 Å². The average Bonchev–Trinajstić information content (AvgIpc) is 3.02. The number of nitrogens with zero attached hydrogens (tertiary/aromatic N) is 3. The quantitative estimate of drug-likeness (QED) is 0.776. The molecule has 3 heterocycles. The van der Waals surface area contributed by atoms with E-state index in [0.717, 1.165) is 33.5 Å². The molecule has 3 aromatic rings. The van der Waals surface area contributed by atoms with Crippen molar-refractivity contribution in [2.75, 3.05) is 5.32 Å². The third-order valence-electron chi connectivity index (χ3n) is 2.91. The summed E-state index contributed by atoms with van der Waals surface area (Å²) in [6.45, 7) is 5.86. The predicted molar refractivity (Wildman–Crippen MR) is 87.6 cm³/mol. The molecular weight excluding hydrogens is 280 g/mol. The van der Waals surface area contributed by atoms with E-state index in [9.17, 15) is 0 Å². The van der Waals surface area contributed by atoms with Crippen LogP contribution in [-0.2, 0) is 0 Å². The lowest BCUT2D eigenvalue weighted by Crippen LogP contribution is -1.97. The molecular formula is C16H14N4S. The second-order valence-corrected chi connectivity index (χ2v) is 5.48. The molecule has 0 aromatic carbocycles. The van der Waals surface area contributed by atoms with Crippen LogP contribution in [0.15, 0.2) is 54.7 Å². The van der Waals surface area contributed by atoms with E-state index in [1.807, 2.05) is 42.6 Å². The first-order valence-electron chi connectivity index (χ1n) is 6.48. The number of nitrogens with one attached hydrogen (secondary N) is 1. The van der Waals surface area contributed by atoms with Gasteiger partial charge < -0.3 is 5.32 Å². The van der Waals surface area contributed by atoms with Crippen LogP contribution in [-0.4, -0.2) is 15.0 Å². The normalized spacial score (nSPS) is 10.3. The molecule has 0 atom stereocenters. The van der Waals surface area contributed by atoms with E-state index in [1.54, 1.807) is 23.7 Å². The summed E-state index contributed by atoms with van der Waals surface area (Å²) in [5, 5.41) is 6.04. The van der Waals surface area contributed by atoms with Gasteiger partial charge in [0.15, 0.2) is 0 Å². The van der Waals surface area contributed by atoms with Gasteiger partial charge in [-0.1, -0.05) is 12.6 Å². The number of hydrogen-bond acceptors (Lipinski definition) is 5. The molecule has 0 saturated heterocycles. The zero-order valence-electron chi connectivity index (χ0n) is 11.6. The predicted octanol–water partition coefficient (Wildman–Crippen LogP) is 4.38. The van der Waals surface area contributed by atoms with Crippen molar-refractivity contribution in [3.05, 3.63) is 60.2 Å². The van der Waals surface area contributed by atoms with Crippen molar-refractivity contribution in [3.8, 4) is 10.7 Å². The summed E-state index contributed by atoms with van der Waals surface area (Å²) in [5.74, 6) is 1.50. The van der Waals surface area contributed by atoms with E-state index < -0.39 is 0 Å². The van der Waals surface area contributed by atoms with Crippen molar-refractivity contribution < 1.29 is 0 Å². The second kappa shape index (κ2) is 5.85. The molecule has 0 aliphatic rings. The largest absolute Gasteiger partial charge is 0.325 e.